The summed E-state index contributed by atoms with van der Waals surface area (Å²) in [7, 11) is 0. The topological polar surface area (TPSA) is 43.7 Å². The number of hydrogen-bond acceptors (Lipinski definition) is 4. The second kappa shape index (κ2) is 7.41. The Morgan fingerprint density at radius 2 is 1.85 bits per heavy atom. The average molecular weight is 387 g/mol. The fourth-order valence-electron chi connectivity index (χ4n) is 4.65. The van der Waals surface area contributed by atoms with Crippen molar-refractivity contribution in [3.05, 3.63) is 40.5 Å². The van der Waals surface area contributed by atoms with Crippen molar-refractivity contribution in [3.8, 4) is 5.00 Å². The molecule has 0 N–H and O–H groups in total. The molecule has 2 aromatic heterocycles. The Hall–Kier alpha value is -1.63. The highest BCUT2D eigenvalue weighted by molar-refractivity contribution is 7.15. The summed E-state index contributed by atoms with van der Waals surface area (Å²) < 4.78 is 13.6. The summed E-state index contributed by atoms with van der Waals surface area (Å²) in [5, 5.41) is 1.09. The van der Waals surface area contributed by atoms with Gasteiger partial charge in [0.25, 0.3) is 5.91 Å². The van der Waals surface area contributed by atoms with Crippen LogP contribution in [-0.2, 0) is 22.3 Å². The molecule has 5 rings (SSSR count). The lowest BCUT2D eigenvalue weighted by molar-refractivity contribution is -0.0969. The number of nitrogens with zero attached hydrogens (tertiary/aromatic N) is 2. The Morgan fingerprint density at radius 1 is 1.07 bits per heavy atom. The largest absolute Gasteiger partial charge is 0.350 e. The molecule has 0 saturated carbocycles. The lowest BCUT2D eigenvalue weighted by atomic mass is 9.93. The van der Waals surface area contributed by atoms with Crippen molar-refractivity contribution in [2.24, 2.45) is 5.92 Å². The third-order valence-electron chi connectivity index (χ3n) is 5.98. The Bertz CT molecular complexity index is 808. The van der Waals surface area contributed by atoms with Crippen molar-refractivity contribution in [1.29, 1.82) is 0 Å². The smallest absolute Gasteiger partial charge is 0.257 e. The zero-order valence-electron chi connectivity index (χ0n) is 15.6. The molecule has 2 saturated heterocycles. The second-order valence-corrected chi connectivity index (χ2v) is 8.83. The van der Waals surface area contributed by atoms with E-state index in [4.69, 9.17) is 9.47 Å². The first-order valence-electron chi connectivity index (χ1n) is 10.1. The highest BCUT2D eigenvalue weighted by Crippen LogP contribution is 2.38. The van der Waals surface area contributed by atoms with Gasteiger partial charge in [0.05, 0.1) is 18.8 Å². The molecule has 2 aliphatic heterocycles. The SMILES string of the molecule is O=C(c1c(-n2cccc2)sc2c1CCCC2)N1CCCC(C2OCCO2)C1. The van der Waals surface area contributed by atoms with Gasteiger partial charge in [0.15, 0.2) is 6.29 Å². The number of piperidine rings is 1. The highest BCUT2D eigenvalue weighted by Gasteiger charge is 2.35. The predicted molar refractivity (Wildman–Crippen MR) is 105 cm³/mol. The van der Waals surface area contributed by atoms with E-state index in [1.807, 2.05) is 29.4 Å². The fraction of sp³-hybridized carbons (Fsp3) is 0.571. The molecular weight excluding hydrogens is 360 g/mol. The van der Waals surface area contributed by atoms with Gasteiger partial charge in [0, 0.05) is 36.3 Å². The Kier molecular flexibility index (Phi) is 4.80. The number of likely N-dealkylation sites (tertiary alicyclic amines) is 1. The van der Waals surface area contributed by atoms with Gasteiger partial charge in [-0.1, -0.05) is 0 Å². The van der Waals surface area contributed by atoms with Gasteiger partial charge in [-0.2, -0.15) is 0 Å². The minimum atomic E-state index is -0.138. The molecule has 1 unspecified atom stereocenters. The molecular formula is C21H26N2O3S. The maximum absolute atomic E-state index is 13.6. The molecule has 0 bridgehead atoms. The van der Waals surface area contributed by atoms with Gasteiger partial charge in [-0.05, 0) is 56.2 Å². The van der Waals surface area contributed by atoms with E-state index in [2.05, 4.69) is 4.57 Å². The van der Waals surface area contributed by atoms with Crippen LogP contribution in [0, 0.1) is 5.92 Å². The van der Waals surface area contributed by atoms with E-state index in [9.17, 15) is 4.79 Å². The van der Waals surface area contributed by atoms with E-state index in [1.54, 1.807) is 11.3 Å². The average Bonchev–Trinajstić information content (AvgIpc) is 3.47. The molecule has 1 aliphatic carbocycles. The molecule has 2 fully saturated rings. The zero-order chi connectivity index (χ0) is 18.2. The molecule has 27 heavy (non-hydrogen) atoms. The number of rotatable bonds is 3. The molecule has 3 aliphatic rings. The monoisotopic (exact) mass is 386 g/mol. The molecule has 2 aromatic rings. The molecule has 0 radical (unpaired) electrons. The molecule has 4 heterocycles. The normalized spacial score (nSPS) is 23.6. The van der Waals surface area contributed by atoms with Crippen LogP contribution in [0.25, 0.3) is 5.00 Å². The van der Waals surface area contributed by atoms with Crippen LogP contribution in [0.4, 0.5) is 0 Å². The van der Waals surface area contributed by atoms with Crippen LogP contribution in [0.1, 0.15) is 46.5 Å². The Labute approximate surface area is 163 Å². The third kappa shape index (κ3) is 3.24. The third-order valence-corrected chi connectivity index (χ3v) is 7.29. The van der Waals surface area contributed by atoms with Crippen LogP contribution in [0.2, 0.25) is 0 Å². The first-order chi connectivity index (χ1) is 13.3. The predicted octanol–water partition coefficient (Wildman–Crippen LogP) is 3.64. The number of hydrogen-bond donors (Lipinski definition) is 0. The summed E-state index contributed by atoms with van der Waals surface area (Å²) in [4.78, 5) is 17.1. The molecule has 1 atom stereocenters. The number of ether oxygens (including phenoxy) is 2. The maximum atomic E-state index is 13.6. The lowest BCUT2D eigenvalue weighted by Crippen LogP contribution is -2.44. The minimum Gasteiger partial charge on any atom is -0.350 e. The van der Waals surface area contributed by atoms with Gasteiger partial charge in [0.2, 0.25) is 0 Å². The fourth-order valence-corrected chi connectivity index (χ4v) is 5.99. The van der Waals surface area contributed by atoms with E-state index < -0.39 is 0 Å². The van der Waals surface area contributed by atoms with Crippen LogP contribution in [-0.4, -0.2) is 48.0 Å². The summed E-state index contributed by atoms with van der Waals surface area (Å²) in [6.07, 6.45) is 10.6. The van der Waals surface area contributed by atoms with Gasteiger partial charge in [-0.25, -0.2) is 0 Å². The summed E-state index contributed by atoms with van der Waals surface area (Å²) in [5.74, 6) is 0.482. The first kappa shape index (κ1) is 17.5. The highest BCUT2D eigenvalue weighted by atomic mass is 32.1. The van der Waals surface area contributed by atoms with Gasteiger partial charge >= 0.3 is 0 Å². The van der Waals surface area contributed by atoms with Gasteiger partial charge in [-0.15, -0.1) is 11.3 Å². The van der Waals surface area contributed by atoms with E-state index in [1.165, 1.54) is 23.3 Å². The van der Waals surface area contributed by atoms with Crippen LogP contribution in [0.15, 0.2) is 24.5 Å². The van der Waals surface area contributed by atoms with Gasteiger partial charge in [0.1, 0.15) is 5.00 Å². The van der Waals surface area contributed by atoms with Gasteiger partial charge in [-0.3, -0.25) is 4.79 Å². The van der Waals surface area contributed by atoms with Crippen molar-refractivity contribution >= 4 is 17.2 Å². The number of carbonyl (C=O) groups is 1. The molecule has 1 amide bonds. The molecule has 144 valence electrons. The zero-order valence-corrected chi connectivity index (χ0v) is 16.4. The summed E-state index contributed by atoms with van der Waals surface area (Å²) in [6, 6.07) is 4.05. The second-order valence-electron chi connectivity index (χ2n) is 7.74. The molecule has 5 nitrogen and oxygen atoms in total. The maximum Gasteiger partial charge on any atom is 0.257 e. The van der Waals surface area contributed by atoms with Crippen LogP contribution >= 0.6 is 11.3 Å². The summed E-state index contributed by atoms with van der Waals surface area (Å²) >= 11 is 1.80. The molecule has 0 aromatic carbocycles. The quantitative estimate of drug-likeness (QED) is 0.809. The standard InChI is InChI=1S/C21H26N2O3S/c24-19(23-11-5-6-15(14-23)21-25-12-13-26-21)18-16-7-1-2-8-17(16)27-20(18)22-9-3-4-10-22/h3-4,9-10,15,21H,1-2,5-8,11-14H2. The summed E-state index contributed by atoms with van der Waals surface area (Å²) in [5.41, 5.74) is 2.25. The number of aromatic nitrogens is 1. The van der Waals surface area contributed by atoms with E-state index in [0.29, 0.717) is 13.2 Å². The Morgan fingerprint density at radius 3 is 2.67 bits per heavy atom. The number of carbonyl (C=O) groups excluding carboxylic acids is 1. The van der Waals surface area contributed by atoms with Crippen molar-refractivity contribution in [2.45, 2.75) is 44.8 Å². The van der Waals surface area contributed by atoms with Crippen molar-refractivity contribution in [3.63, 3.8) is 0 Å². The molecule has 0 spiro atoms. The number of aryl methyl sites for hydroxylation is 1. The van der Waals surface area contributed by atoms with Gasteiger partial charge < -0.3 is 18.9 Å². The van der Waals surface area contributed by atoms with Crippen LogP contribution in [0.5, 0.6) is 0 Å². The van der Waals surface area contributed by atoms with Crippen LogP contribution in [0.3, 0.4) is 0 Å². The van der Waals surface area contributed by atoms with Crippen molar-refractivity contribution in [1.82, 2.24) is 9.47 Å². The lowest BCUT2D eigenvalue weighted by Gasteiger charge is -2.35. The molecule has 6 heteroatoms. The first-order valence-corrected chi connectivity index (χ1v) is 10.9. The summed E-state index contributed by atoms with van der Waals surface area (Å²) in [6.45, 7) is 2.91. The minimum absolute atomic E-state index is 0.138. The van der Waals surface area contributed by atoms with E-state index in [-0.39, 0.29) is 18.1 Å². The number of amides is 1. The number of fused-ring (bicyclic) bond motifs is 1. The Balaban J connectivity index is 1.46. The van der Waals surface area contributed by atoms with E-state index >= 15 is 0 Å². The van der Waals surface area contributed by atoms with Crippen molar-refractivity contribution < 1.29 is 14.3 Å². The van der Waals surface area contributed by atoms with Crippen molar-refractivity contribution in [2.75, 3.05) is 26.3 Å². The van der Waals surface area contributed by atoms with E-state index in [0.717, 1.165) is 49.3 Å². The van der Waals surface area contributed by atoms with Crippen LogP contribution < -0.4 is 0 Å². The number of thiophene rings is 1.